The molecule has 0 bridgehead atoms. The van der Waals surface area contributed by atoms with Gasteiger partial charge in [0, 0.05) is 16.3 Å². The number of sulfonamides is 1. The standard InChI is InChI=1S/C21H16ClN3O4S2/c22-15-5-1-13(2-6-15)12-25-18-10-9-17(11-19(18)30-21(25)27)31(28,29)24-16-7-3-14(4-8-16)20(23)26/h1-11,24H,12H2,(H2,23,26). The molecule has 0 atom stereocenters. The molecule has 0 aliphatic heterocycles. The van der Waals surface area contributed by atoms with Crippen LogP contribution in [0, 0.1) is 0 Å². The lowest BCUT2D eigenvalue weighted by atomic mass is 10.2. The van der Waals surface area contributed by atoms with Crippen LogP contribution in [-0.2, 0) is 16.6 Å². The van der Waals surface area contributed by atoms with Crippen molar-refractivity contribution >= 4 is 54.8 Å². The van der Waals surface area contributed by atoms with E-state index in [0.29, 0.717) is 27.5 Å². The largest absolute Gasteiger partial charge is 0.366 e. The number of anilines is 1. The van der Waals surface area contributed by atoms with Gasteiger partial charge in [-0.25, -0.2) is 8.42 Å². The number of hydrogen-bond donors (Lipinski definition) is 2. The van der Waals surface area contributed by atoms with Crippen molar-refractivity contribution in [3.05, 3.63) is 92.5 Å². The quantitative estimate of drug-likeness (QED) is 0.445. The molecule has 158 valence electrons. The van der Waals surface area contributed by atoms with Gasteiger partial charge in [-0.3, -0.25) is 18.9 Å². The number of carbonyl (C=O) groups is 1. The Balaban J connectivity index is 1.63. The number of rotatable bonds is 6. The van der Waals surface area contributed by atoms with E-state index in [-0.39, 0.29) is 15.3 Å². The molecule has 0 spiro atoms. The number of aromatic nitrogens is 1. The van der Waals surface area contributed by atoms with Crippen LogP contribution < -0.4 is 15.3 Å². The number of halogens is 1. The zero-order valence-electron chi connectivity index (χ0n) is 15.9. The average molecular weight is 474 g/mol. The fourth-order valence-electron chi connectivity index (χ4n) is 3.05. The zero-order chi connectivity index (χ0) is 22.2. The maximum absolute atomic E-state index is 12.8. The summed E-state index contributed by atoms with van der Waals surface area (Å²) in [5, 5.41) is 0.609. The lowest BCUT2D eigenvalue weighted by molar-refractivity contribution is 0.100. The first-order valence-electron chi connectivity index (χ1n) is 9.03. The predicted molar refractivity (Wildman–Crippen MR) is 122 cm³/mol. The van der Waals surface area contributed by atoms with Crippen molar-refractivity contribution in [2.45, 2.75) is 11.4 Å². The van der Waals surface area contributed by atoms with Crippen molar-refractivity contribution in [1.82, 2.24) is 4.57 Å². The Labute approximate surface area is 186 Å². The minimum absolute atomic E-state index is 0.0267. The first kappa shape index (κ1) is 21.1. The first-order chi connectivity index (χ1) is 14.7. The van der Waals surface area contributed by atoms with E-state index in [1.807, 2.05) is 12.1 Å². The third kappa shape index (κ3) is 4.48. The molecule has 0 unspecified atom stereocenters. The minimum atomic E-state index is -3.89. The van der Waals surface area contributed by atoms with Crippen molar-refractivity contribution in [3.8, 4) is 0 Å². The number of fused-ring (bicyclic) bond motifs is 1. The summed E-state index contributed by atoms with van der Waals surface area (Å²) in [6, 6.07) is 17.5. The van der Waals surface area contributed by atoms with E-state index in [1.165, 1.54) is 36.4 Å². The van der Waals surface area contributed by atoms with Crippen LogP contribution in [0.15, 0.2) is 76.4 Å². The SMILES string of the molecule is NC(=O)c1ccc(NS(=O)(=O)c2ccc3c(c2)sc(=O)n3Cc2ccc(Cl)cc2)cc1. The maximum atomic E-state index is 12.8. The van der Waals surface area contributed by atoms with Crippen LogP contribution in [0.2, 0.25) is 5.02 Å². The van der Waals surface area contributed by atoms with Gasteiger partial charge < -0.3 is 5.73 Å². The van der Waals surface area contributed by atoms with Crippen molar-refractivity contribution in [1.29, 1.82) is 0 Å². The second kappa shape index (κ2) is 8.18. The van der Waals surface area contributed by atoms with Gasteiger partial charge in [0.15, 0.2) is 0 Å². The Bertz CT molecular complexity index is 1440. The van der Waals surface area contributed by atoms with Crippen LogP contribution in [0.1, 0.15) is 15.9 Å². The van der Waals surface area contributed by atoms with Crippen LogP contribution >= 0.6 is 22.9 Å². The monoisotopic (exact) mass is 473 g/mol. The summed E-state index contributed by atoms with van der Waals surface area (Å²) in [7, 11) is -3.89. The Morgan fingerprint density at radius 2 is 1.71 bits per heavy atom. The highest BCUT2D eigenvalue weighted by molar-refractivity contribution is 7.92. The molecule has 7 nitrogen and oxygen atoms in total. The number of nitrogens with one attached hydrogen (secondary N) is 1. The third-order valence-electron chi connectivity index (χ3n) is 4.63. The molecule has 4 aromatic rings. The molecule has 1 amide bonds. The second-order valence-electron chi connectivity index (χ2n) is 6.76. The fraction of sp³-hybridized carbons (Fsp3) is 0.0476. The van der Waals surface area contributed by atoms with E-state index in [0.717, 1.165) is 16.9 Å². The number of carbonyl (C=O) groups excluding carboxylic acids is 1. The number of benzene rings is 3. The number of nitrogens with two attached hydrogens (primary N) is 1. The average Bonchev–Trinajstić information content (AvgIpc) is 3.04. The summed E-state index contributed by atoms with van der Waals surface area (Å²) < 4.78 is 30.2. The second-order valence-corrected chi connectivity index (χ2v) is 9.87. The van der Waals surface area contributed by atoms with E-state index in [2.05, 4.69) is 4.72 Å². The van der Waals surface area contributed by atoms with Gasteiger partial charge in [-0.15, -0.1) is 0 Å². The molecule has 0 radical (unpaired) electrons. The van der Waals surface area contributed by atoms with Crippen LogP contribution in [0.25, 0.3) is 10.2 Å². The summed E-state index contributed by atoms with van der Waals surface area (Å²) in [5.74, 6) is -0.599. The smallest absolute Gasteiger partial charge is 0.308 e. The number of amides is 1. The van der Waals surface area contributed by atoms with Crippen molar-refractivity contribution < 1.29 is 13.2 Å². The van der Waals surface area contributed by atoms with Gasteiger partial charge in [0.25, 0.3) is 10.0 Å². The van der Waals surface area contributed by atoms with Gasteiger partial charge in [0.2, 0.25) is 5.91 Å². The van der Waals surface area contributed by atoms with Gasteiger partial charge in [0.1, 0.15) is 0 Å². The maximum Gasteiger partial charge on any atom is 0.308 e. The van der Waals surface area contributed by atoms with Crippen LogP contribution in [0.3, 0.4) is 0 Å². The molecule has 3 N–H and O–H groups in total. The van der Waals surface area contributed by atoms with Crippen LogP contribution in [0.4, 0.5) is 5.69 Å². The van der Waals surface area contributed by atoms with Crippen molar-refractivity contribution in [3.63, 3.8) is 0 Å². The van der Waals surface area contributed by atoms with Crippen molar-refractivity contribution in [2.24, 2.45) is 5.73 Å². The molecule has 1 aromatic heterocycles. The van der Waals surface area contributed by atoms with E-state index < -0.39 is 15.9 Å². The summed E-state index contributed by atoms with van der Waals surface area (Å²) in [6.45, 7) is 0.354. The zero-order valence-corrected chi connectivity index (χ0v) is 18.3. The summed E-state index contributed by atoms with van der Waals surface area (Å²) >= 11 is 6.89. The highest BCUT2D eigenvalue weighted by atomic mass is 35.5. The van der Waals surface area contributed by atoms with E-state index in [4.69, 9.17) is 17.3 Å². The lowest BCUT2D eigenvalue weighted by Gasteiger charge is -2.09. The molecule has 0 aliphatic rings. The molecule has 0 aliphatic carbocycles. The van der Waals surface area contributed by atoms with Gasteiger partial charge in [-0.05, 0) is 60.2 Å². The minimum Gasteiger partial charge on any atom is -0.366 e. The molecule has 4 rings (SSSR count). The topological polar surface area (TPSA) is 111 Å². The van der Waals surface area contributed by atoms with E-state index >= 15 is 0 Å². The molecule has 10 heteroatoms. The summed E-state index contributed by atoms with van der Waals surface area (Å²) in [4.78, 5) is 23.5. The number of thiazole rings is 1. The molecule has 0 saturated heterocycles. The molecule has 31 heavy (non-hydrogen) atoms. The lowest BCUT2D eigenvalue weighted by Crippen LogP contribution is -2.14. The third-order valence-corrected chi connectivity index (χ3v) is 7.20. The number of hydrogen-bond acceptors (Lipinski definition) is 5. The summed E-state index contributed by atoms with van der Waals surface area (Å²) in [5.41, 5.74) is 7.31. The van der Waals surface area contributed by atoms with Crippen LogP contribution in [0.5, 0.6) is 0 Å². The highest BCUT2D eigenvalue weighted by Gasteiger charge is 2.17. The molecule has 0 fully saturated rings. The van der Waals surface area contributed by atoms with Gasteiger partial charge in [0.05, 0.1) is 21.7 Å². The number of nitrogens with zero attached hydrogens (tertiary/aromatic N) is 1. The van der Waals surface area contributed by atoms with Gasteiger partial charge in [-0.1, -0.05) is 35.1 Å². The van der Waals surface area contributed by atoms with E-state index in [9.17, 15) is 18.0 Å². The van der Waals surface area contributed by atoms with Crippen LogP contribution in [-0.4, -0.2) is 18.9 Å². The van der Waals surface area contributed by atoms with Crippen molar-refractivity contribution in [2.75, 3.05) is 4.72 Å². The predicted octanol–water partition coefficient (Wildman–Crippen LogP) is 3.66. The first-order valence-corrected chi connectivity index (χ1v) is 11.7. The molecular formula is C21H16ClN3O4S2. The van der Waals surface area contributed by atoms with Gasteiger partial charge in [-0.2, -0.15) is 0 Å². The fourth-order valence-corrected chi connectivity index (χ4v) is 5.27. The molecule has 1 heterocycles. The molecule has 3 aromatic carbocycles. The Kier molecular flexibility index (Phi) is 5.57. The Morgan fingerprint density at radius 1 is 1.03 bits per heavy atom. The Hall–Kier alpha value is -3.14. The molecular weight excluding hydrogens is 458 g/mol. The summed E-state index contributed by atoms with van der Waals surface area (Å²) in [6.07, 6.45) is 0. The van der Waals surface area contributed by atoms with Gasteiger partial charge >= 0.3 is 4.87 Å². The Morgan fingerprint density at radius 3 is 2.35 bits per heavy atom. The molecule has 0 saturated carbocycles. The highest BCUT2D eigenvalue weighted by Crippen LogP contribution is 2.24. The number of primary amides is 1. The normalized spacial score (nSPS) is 11.5. The van der Waals surface area contributed by atoms with E-state index in [1.54, 1.807) is 22.8 Å².